The Labute approximate surface area is 136 Å². The second-order valence-electron chi connectivity index (χ2n) is 6.65. The van der Waals surface area contributed by atoms with Gasteiger partial charge >= 0.3 is 0 Å². The summed E-state index contributed by atoms with van der Waals surface area (Å²) in [7, 11) is 0. The maximum absolute atomic E-state index is 12.4. The normalized spacial score (nSPS) is 19.3. The number of hydrogen-bond acceptors (Lipinski definition) is 4. The van der Waals surface area contributed by atoms with Gasteiger partial charge in [0.05, 0.1) is 18.8 Å². The lowest BCUT2D eigenvalue weighted by atomic mass is 10.2. The molecule has 1 aliphatic heterocycles. The highest BCUT2D eigenvalue weighted by Gasteiger charge is 2.29. The van der Waals surface area contributed by atoms with Crippen LogP contribution in [-0.4, -0.2) is 68.8 Å². The van der Waals surface area contributed by atoms with Crippen LogP contribution in [0.2, 0.25) is 0 Å². The lowest BCUT2D eigenvalue weighted by Gasteiger charge is -2.23. The zero-order valence-corrected chi connectivity index (χ0v) is 14.1. The summed E-state index contributed by atoms with van der Waals surface area (Å²) in [4.78, 5) is 27.8. The van der Waals surface area contributed by atoms with Crippen molar-refractivity contribution in [1.29, 1.82) is 0 Å². The second kappa shape index (κ2) is 7.59. The Kier molecular flexibility index (Phi) is 5.76. The topological polar surface area (TPSA) is 78.7 Å². The van der Waals surface area contributed by atoms with Gasteiger partial charge in [-0.15, -0.1) is 0 Å². The lowest BCUT2D eigenvalue weighted by molar-refractivity contribution is -0.139. The van der Waals surface area contributed by atoms with E-state index in [4.69, 9.17) is 0 Å². The Morgan fingerprint density at radius 1 is 1.43 bits per heavy atom. The fourth-order valence-corrected chi connectivity index (χ4v) is 2.76. The van der Waals surface area contributed by atoms with E-state index in [0.29, 0.717) is 25.6 Å². The molecule has 2 heterocycles. The van der Waals surface area contributed by atoms with Crippen molar-refractivity contribution in [2.75, 3.05) is 26.2 Å². The molecular formula is C16H26N4O3. The first-order chi connectivity index (χ1) is 10.8. The van der Waals surface area contributed by atoms with Crippen LogP contribution in [0, 0.1) is 12.8 Å². The fraction of sp³-hybridized carbons (Fsp3) is 0.688. The number of amides is 2. The summed E-state index contributed by atoms with van der Waals surface area (Å²) >= 11 is 0. The zero-order chi connectivity index (χ0) is 17.0. The number of aliphatic hydroxyl groups is 1. The maximum Gasteiger partial charge on any atom is 0.242 e. The Balaban J connectivity index is 1.93. The molecule has 1 atom stereocenters. The molecule has 128 valence electrons. The highest BCUT2D eigenvalue weighted by atomic mass is 16.3. The number of aryl methyl sites for hydroxylation is 2. The van der Waals surface area contributed by atoms with Gasteiger partial charge in [0.15, 0.2) is 0 Å². The van der Waals surface area contributed by atoms with Crippen LogP contribution >= 0.6 is 0 Å². The molecule has 1 saturated heterocycles. The summed E-state index contributed by atoms with van der Waals surface area (Å²) in [6, 6.07) is 0. The van der Waals surface area contributed by atoms with E-state index in [-0.39, 0.29) is 31.3 Å². The van der Waals surface area contributed by atoms with E-state index in [1.54, 1.807) is 15.8 Å². The van der Waals surface area contributed by atoms with Crippen molar-refractivity contribution in [3.05, 3.63) is 18.0 Å². The van der Waals surface area contributed by atoms with Crippen LogP contribution in [0.25, 0.3) is 0 Å². The molecular weight excluding hydrogens is 296 g/mol. The van der Waals surface area contributed by atoms with Crippen LogP contribution in [0.5, 0.6) is 0 Å². The van der Waals surface area contributed by atoms with Crippen molar-refractivity contribution in [2.24, 2.45) is 5.92 Å². The molecule has 1 unspecified atom stereocenters. The van der Waals surface area contributed by atoms with Crippen molar-refractivity contribution < 1.29 is 14.7 Å². The highest BCUT2D eigenvalue weighted by Crippen LogP contribution is 2.10. The molecule has 1 aromatic heterocycles. The third kappa shape index (κ3) is 5.06. The summed E-state index contributed by atoms with van der Waals surface area (Å²) in [6.45, 7) is 7.61. The van der Waals surface area contributed by atoms with Crippen LogP contribution in [0.1, 0.15) is 25.8 Å². The average Bonchev–Trinajstić information content (AvgIpc) is 2.82. The molecule has 1 N–H and O–H groups in total. The fourth-order valence-electron chi connectivity index (χ4n) is 2.76. The van der Waals surface area contributed by atoms with Crippen LogP contribution in [-0.2, 0) is 16.1 Å². The number of hydrogen-bond donors (Lipinski definition) is 1. The summed E-state index contributed by atoms with van der Waals surface area (Å²) in [5.41, 5.74) is 1.04. The Morgan fingerprint density at radius 3 is 2.78 bits per heavy atom. The molecule has 1 fully saturated rings. The Hall–Kier alpha value is -1.89. The highest BCUT2D eigenvalue weighted by molar-refractivity contribution is 5.85. The standard InChI is InChI=1S/C16H26N4O3/c1-12(2)7-18-9-14(21)10-19(11-16(18)23)15(22)4-5-20-8-13(3)6-17-20/h6,8,12,14,21H,4-5,7,9-11H2,1-3H3. The molecule has 0 saturated carbocycles. The third-order valence-electron chi connectivity index (χ3n) is 3.80. The summed E-state index contributed by atoms with van der Waals surface area (Å²) < 4.78 is 1.72. The summed E-state index contributed by atoms with van der Waals surface area (Å²) in [6.07, 6.45) is 3.19. The third-order valence-corrected chi connectivity index (χ3v) is 3.80. The lowest BCUT2D eigenvalue weighted by Crippen LogP contribution is -2.40. The van der Waals surface area contributed by atoms with Crippen molar-refractivity contribution in [3.63, 3.8) is 0 Å². The van der Waals surface area contributed by atoms with Crippen molar-refractivity contribution >= 4 is 11.8 Å². The minimum atomic E-state index is -0.698. The molecule has 7 heteroatoms. The van der Waals surface area contributed by atoms with E-state index in [2.05, 4.69) is 5.10 Å². The molecule has 0 spiro atoms. The van der Waals surface area contributed by atoms with Gasteiger partial charge in [-0.3, -0.25) is 14.3 Å². The monoisotopic (exact) mass is 322 g/mol. The van der Waals surface area contributed by atoms with Gasteiger partial charge in [-0.2, -0.15) is 5.10 Å². The van der Waals surface area contributed by atoms with Crippen LogP contribution in [0.3, 0.4) is 0 Å². The van der Waals surface area contributed by atoms with E-state index in [1.807, 2.05) is 27.0 Å². The number of carbonyl (C=O) groups is 2. The maximum atomic E-state index is 12.4. The van der Waals surface area contributed by atoms with E-state index in [0.717, 1.165) is 5.56 Å². The predicted molar refractivity (Wildman–Crippen MR) is 85.6 cm³/mol. The quantitative estimate of drug-likeness (QED) is 0.844. The first kappa shape index (κ1) is 17.5. The number of aliphatic hydroxyl groups excluding tert-OH is 1. The number of carbonyl (C=O) groups excluding carboxylic acids is 2. The molecule has 2 amide bonds. The first-order valence-corrected chi connectivity index (χ1v) is 8.08. The van der Waals surface area contributed by atoms with Crippen molar-refractivity contribution in [3.8, 4) is 0 Å². The van der Waals surface area contributed by atoms with Crippen LogP contribution in [0.15, 0.2) is 12.4 Å². The molecule has 0 bridgehead atoms. The number of β-amino-alcohol motifs (C(OH)–C–C–N with tert-alkyl or cyclic N) is 1. The Bertz CT molecular complexity index is 555. The SMILES string of the molecule is Cc1cnn(CCC(=O)N2CC(=O)N(CC(C)C)CC(O)C2)c1. The van der Waals surface area contributed by atoms with E-state index < -0.39 is 6.10 Å². The van der Waals surface area contributed by atoms with Gasteiger partial charge < -0.3 is 14.9 Å². The molecule has 23 heavy (non-hydrogen) atoms. The van der Waals surface area contributed by atoms with Gasteiger partial charge in [0.25, 0.3) is 0 Å². The molecule has 7 nitrogen and oxygen atoms in total. The predicted octanol–water partition coefficient (Wildman–Crippen LogP) is 0.269. The largest absolute Gasteiger partial charge is 0.389 e. The average molecular weight is 322 g/mol. The van der Waals surface area contributed by atoms with Crippen molar-refractivity contribution in [2.45, 2.75) is 39.8 Å². The van der Waals surface area contributed by atoms with Crippen LogP contribution < -0.4 is 0 Å². The molecule has 0 aromatic carbocycles. The van der Waals surface area contributed by atoms with Gasteiger partial charge in [-0.05, 0) is 18.4 Å². The second-order valence-corrected chi connectivity index (χ2v) is 6.65. The minimum absolute atomic E-state index is 0.0424. The van der Waals surface area contributed by atoms with Gasteiger partial charge in [0.1, 0.15) is 0 Å². The molecule has 1 aromatic rings. The van der Waals surface area contributed by atoms with Gasteiger partial charge in [-0.25, -0.2) is 0 Å². The van der Waals surface area contributed by atoms with Gasteiger partial charge in [0, 0.05) is 38.8 Å². The molecule has 0 aliphatic carbocycles. The number of rotatable bonds is 5. The first-order valence-electron chi connectivity index (χ1n) is 8.08. The number of aromatic nitrogens is 2. The van der Waals surface area contributed by atoms with Crippen LogP contribution in [0.4, 0.5) is 0 Å². The van der Waals surface area contributed by atoms with E-state index in [9.17, 15) is 14.7 Å². The summed E-state index contributed by atoms with van der Waals surface area (Å²) in [5, 5.41) is 14.2. The van der Waals surface area contributed by atoms with E-state index in [1.165, 1.54) is 4.90 Å². The molecule has 1 aliphatic rings. The molecule has 2 rings (SSSR count). The van der Waals surface area contributed by atoms with Gasteiger partial charge in [0.2, 0.25) is 11.8 Å². The zero-order valence-electron chi connectivity index (χ0n) is 14.1. The number of nitrogens with zero attached hydrogens (tertiary/aromatic N) is 4. The molecule has 0 radical (unpaired) electrons. The van der Waals surface area contributed by atoms with E-state index >= 15 is 0 Å². The Morgan fingerprint density at radius 2 is 2.17 bits per heavy atom. The minimum Gasteiger partial charge on any atom is -0.389 e. The van der Waals surface area contributed by atoms with Crippen molar-refractivity contribution in [1.82, 2.24) is 19.6 Å². The van der Waals surface area contributed by atoms with Gasteiger partial charge in [-0.1, -0.05) is 13.8 Å². The smallest absolute Gasteiger partial charge is 0.242 e. The summed E-state index contributed by atoms with van der Waals surface area (Å²) in [5.74, 6) is 0.104.